The molecule has 1 heterocycles. The maximum Gasteiger partial charge on any atom is 0.251 e. The third-order valence-electron chi connectivity index (χ3n) is 4.58. The number of pyridine rings is 1. The van der Waals surface area contributed by atoms with Crippen molar-refractivity contribution in [3.05, 3.63) is 30.1 Å². The van der Waals surface area contributed by atoms with Crippen molar-refractivity contribution in [2.45, 2.75) is 46.1 Å². The molecule has 0 saturated heterocycles. The number of hydrogen-bond donors (Lipinski definition) is 1. The largest absolute Gasteiger partial charge is 0.349 e. The van der Waals surface area contributed by atoms with E-state index >= 15 is 0 Å². The van der Waals surface area contributed by atoms with Gasteiger partial charge in [-0.15, -0.1) is 0 Å². The lowest BCUT2D eigenvalue weighted by molar-refractivity contribution is -0.671. The smallest absolute Gasteiger partial charge is 0.251 e. The van der Waals surface area contributed by atoms with Gasteiger partial charge in [-0.3, -0.25) is 4.79 Å². The number of carbonyl (C=O) groups excluding carboxylic acids is 1. The van der Waals surface area contributed by atoms with E-state index in [9.17, 15) is 4.79 Å². The Bertz CT molecular complexity index is 453. The van der Waals surface area contributed by atoms with E-state index in [4.69, 9.17) is 0 Å². The highest BCUT2D eigenvalue weighted by Gasteiger charge is 2.31. The van der Waals surface area contributed by atoms with Crippen LogP contribution in [0.1, 0.15) is 50.4 Å². The fourth-order valence-electron chi connectivity index (χ4n) is 3.27. The Morgan fingerprint density at radius 1 is 1.30 bits per heavy atom. The summed E-state index contributed by atoms with van der Waals surface area (Å²) in [5.41, 5.74) is 0.754. The van der Waals surface area contributed by atoms with Crippen LogP contribution < -0.4 is 9.88 Å². The highest BCUT2D eigenvalue weighted by molar-refractivity contribution is 5.94. The molecule has 0 spiro atoms. The van der Waals surface area contributed by atoms with E-state index in [2.05, 4.69) is 26.1 Å². The van der Waals surface area contributed by atoms with Crippen molar-refractivity contribution in [3.8, 4) is 0 Å². The van der Waals surface area contributed by atoms with Crippen LogP contribution >= 0.6 is 0 Å². The quantitative estimate of drug-likeness (QED) is 0.845. The molecule has 3 heteroatoms. The zero-order valence-electron chi connectivity index (χ0n) is 13.1. The maximum atomic E-state index is 12.4. The zero-order chi connectivity index (χ0) is 14.7. The monoisotopic (exact) mass is 275 g/mol. The van der Waals surface area contributed by atoms with E-state index in [1.165, 1.54) is 12.8 Å². The molecule has 1 aliphatic rings. The van der Waals surface area contributed by atoms with Crippen molar-refractivity contribution >= 4 is 5.91 Å². The van der Waals surface area contributed by atoms with Crippen LogP contribution in [0.3, 0.4) is 0 Å². The summed E-state index contributed by atoms with van der Waals surface area (Å²) in [4.78, 5) is 12.4. The topological polar surface area (TPSA) is 33.0 Å². The molecular weight excluding hydrogens is 248 g/mol. The molecule has 0 unspecified atom stereocenters. The molecule has 0 radical (unpaired) electrons. The number of hydrogen-bond acceptors (Lipinski definition) is 1. The van der Waals surface area contributed by atoms with E-state index in [0.29, 0.717) is 23.8 Å². The number of rotatable bonds is 3. The lowest BCUT2D eigenvalue weighted by atomic mass is 9.74. The van der Waals surface area contributed by atoms with Crippen LogP contribution in [0.5, 0.6) is 0 Å². The lowest BCUT2D eigenvalue weighted by Crippen LogP contribution is -2.45. The summed E-state index contributed by atoms with van der Waals surface area (Å²) in [5, 5.41) is 3.27. The van der Waals surface area contributed by atoms with Crippen LogP contribution in [-0.2, 0) is 7.05 Å². The molecule has 0 aliphatic heterocycles. The fraction of sp³-hybridized carbons (Fsp3) is 0.647. The number of nitrogens with zero attached hydrogens (tertiary/aromatic N) is 1. The molecule has 1 amide bonds. The molecule has 3 nitrogen and oxygen atoms in total. The van der Waals surface area contributed by atoms with E-state index < -0.39 is 0 Å². The minimum Gasteiger partial charge on any atom is -0.349 e. The minimum absolute atomic E-state index is 0.0651. The maximum absolute atomic E-state index is 12.4. The number of aromatic nitrogens is 1. The second-order valence-electron chi connectivity index (χ2n) is 6.66. The second kappa shape index (κ2) is 6.38. The molecule has 0 aromatic carbocycles. The van der Waals surface area contributed by atoms with Crippen LogP contribution in [0.4, 0.5) is 0 Å². The molecule has 3 atom stereocenters. The summed E-state index contributed by atoms with van der Waals surface area (Å²) in [5.74, 6) is 2.01. The first kappa shape index (κ1) is 15.0. The molecule has 20 heavy (non-hydrogen) atoms. The van der Waals surface area contributed by atoms with Gasteiger partial charge in [0.05, 0.1) is 5.56 Å². The van der Waals surface area contributed by atoms with Gasteiger partial charge in [-0.25, -0.2) is 4.57 Å². The standard InChI is InChI=1S/C17H26N2O/c1-12(2)15-6-5-13(3)11-16(15)18-17(20)14-7-9-19(4)10-8-14/h7-10,12-13,15-16H,5-6,11H2,1-4H3/p+1/t13-,15-,16-/m1/s1. The van der Waals surface area contributed by atoms with Gasteiger partial charge in [-0.05, 0) is 30.6 Å². The zero-order valence-corrected chi connectivity index (χ0v) is 13.1. The summed E-state index contributed by atoms with van der Waals surface area (Å²) in [6.45, 7) is 6.82. The molecule has 110 valence electrons. The number of carbonyl (C=O) groups is 1. The van der Waals surface area contributed by atoms with Crippen molar-refractivity contribution in [2.75, 3.05) is 0 Å². The third-order valence-corrected chi connectivity index (χ3v) is 4.58. The average molecular weight is 275 g/mol. The molecule has 1 aliphatic carbocycles. The summed E-state index contributed by atoms with van der Waals surface area (Å²) in [7, 11) is 1.96. The Labute approximate surface area is 122 Å². The highest BCUT2D eigenvalue weighted by Crippen LogP contribution is 2.33. The molecule has 1 aromatic heterocycles. The molecule has 2 rings (SSSR count). The van der Waals surface area contributed by atoms with Gasteiger partial charge >= 0.3 is 0 Å². The van der Waals surface area contributed by atoms with Crippen LogP contribution in [-0.4, -0.2) is 11.9 Å². The fourth-order valence-corrected chi connectivity index (χ4v) is 3.27. The second-order valence-corrected chi connectivity index (χ2v) is 6.66. The van der Waals surface area contributed by atoms with Crippen molar-refractivity contribution in [1.82, 2.24) is 5.32 Å². The van der Waals surface area contributed by atoms with Gasteiger partial charge in [-0.1, -0.05) is 27.2 Å². The molecule has 1 N–H and O–H groups in total. The van der Waals surface area contributed by atoms with Crippen LogP contribution in [0.2, 0.25) is 0 Å². The Balaban J connectivity index is 2.05. The van der Waals surface area contributed by atoms with E-state index in [-0.39, 0.29) is 5.91 Å². The van der Waals surface area contributed by atoms with Crippen LogP contribution in [0.15, 0.2) is 24.5 Å². The normalized spacial score (nSPS) is 26.6. The van der Waals surface area contributed by atoms with Crippen molar-refractivity contribution in [1.29, 1.82) is 0 Å². The van der Waals surface area contributed by atoms with Crippen molar-refractivity contribution in [2.24, 2.45) is 24.8 Å². The number of nitrogens with one attached hydrogen (secondary N) is 1. The van der Waals surface area contributed by atoms with Crippen molar-refractivity contribution < 1.29 is 9.36 Å². The van der Waals surface area contributed by atoms with E-state index in [1.54, 1.807) is 0 Å². The van der Waals surface area contributed by atoms with Gasteiger partial charge in [0.15, 0.2) is 12.4 Å². The molecule has 1 aromatic rings. The third kappa shape index (κ3) is 3.59. The predicted molar refractivity (Wildman–Crippen MR) is 80.2 cm³/mol. The Kier molecular flexibility index (Phi) is 4.79. The SMILES string of the molecule is CC(C)[C@H]1CC[C@@H](C)C[C@H]1NC(=O)c1cc[n+](C)cc1. The summed E-state index contributed by atoms with van der Waals surface area (Å²) >= 11 is 0. The van der Waals surface area contributed by atoms with Gasteiger partial charge in [0.25, 0.3) is 5.91 Å². The number of aryl methyl sites for hydroxylation is 1. The molecule has 0 bridgehead atoms. The molecule has 1 saturated carbocycles. The van der Waals surface area contributed by atoms with Crippen molar-refractivity contribution in [3.63, 3.8) is 0 Å². The van der Waals surface area contributed by atoms with Gasteiger partial charge < -0.3 is 5.32 Å². The van der Waals surface area contributed by atoms with Gasteiger partial charge in [0.1, 0.15) is 7.05 Å². The Hall–Kier alpha value is -1.38. The first-order chi connectivity index (χ1) is 9.47. The van der Waals surface area contributed by atoms with Crippen LogP contribution in [0, 0.1) is 17.8 Å². The van der Waals surface area contributed by atoms with E-state index in [0.717, 1.165) is 12.0 Å². The summed E-state index contributed by atoms with van der Waals surface area (Å²) < 4.78 is 1.94. The predicted octanol–water partition coefficient (Wildman–Crippen LogP) is 2.70. The van der Waals surface area contributed by atoms with Gasteiger partial charge in [-0.2, -0.15) is 0 Å². The summed E-state index contributed by atoms with van der Waals surface area (Å²) in [6.07, 6.45) is 7.45. The lowest BCUT2D eigenvalue weighted by Gasteiger charge is -2.37. The van der Waals surface area contributed by atoms with E-state index in [1.807, 2.05) is 36.1 Å². The summed E-state index contributed by atoms with van der Waals surface area (Å²) in [6, 6.07) is 4.08. The van der Waals surface area contributed by atoms with Crippen LogP contribution in [0.25, 0.3) is 0 Å². The van der Waals surface area contributed by atoms with Gasteiger partial charge in [0, 0.05) is 18.2 Å². The Morgan fingerprint density at radius 2 is 1.95 bits per heavy atom. The molecule has 1 fully saturated rings. The first-order valence-electron chi connectivity index (χ1n) is 7.73. The minimum atomic E-state index is 0.0651. The average Bonchev–Trinajstić information content (AvgIpc) is 2.39. The number of amides is 1. The highest BCUT2D eigenvalue weighted by atomic mass is 16.1. The Morgan fingerprint density at radius 3 is 2.55 bits per heavy atom. The first-order valence-corrected chi connectivity index (χ1v) is 7.73. The molecular formula is C17H27N2O+. The van der Waals surface area contributed by atoms with Gasteiger partial charge in [0.2, 0.25) is 0 Å².